The first-order chi connectivity index (χ1) is 20.3. The molecule has 2 aromatic carbocycles. The summed E-state index contributed by atoms with van der Waals surface area (Å²) in [6, 6.07) is 16.7. The summed E-state index contributed by atoms with van der Waals surface area (Å²) in [5.41, 5.74) is 3.43. The number of H-pyrrole nitrogens is 2. The van der Waals surface area contributed by atoms with Crippen molar-refractivity contribution in [1.29, 1.82) is 0 Å². The highest BCUT2D eigenvalue weighted by Crippen LogP contribution is 2.26. The van der Waals surface area contributed by atoms with Gasteiger partial charge in [0, 0.05) is 42.2 Å². The molecule has 5 rings (SSSR count). The van der Waals surface area contributed by atoms with E-state index in [1.165, 1.54) is 6.92 Å². The van der Waals surface area contributed by atoms with Crippen molar-refractivity contribution in [2.24, 2.45) is 0 Å². The number of nitrogens with zero attached hydrogens (tertiary/aromatic N) is 3. The number of alkyl halides is 3. The van der Waals surface area contributed by atoms with Crippen molar-refractivity contribution in [3.63, 3.8) is 0 Å². The molecule has 2 unspecified atom stereocenters. The molecule has 3 heterocycles. The number of para-hydroxylation sites is 1. The van der Waals surface area contributed by atoms with Crippen LogP contribution >= 0.6 is 12.2 Å². The number of aliphatic carboxylic acids is 1. The first-order valence-electron chi connectivity index (χ1n) is 12.9. The minimum Gasteiger partial charge on any atom is -0.489 e. The number of hydrogen-bond donors (Lipinski definition) is 4. The Morgan fingerprint density at radius 1 is 1.09 bits per heavy atom. The number of aromatic amines is 2. The van der Waals surface area contributed by atoms with Gasteiger partial charge in [-0.15, -0.1) is 0 Å². The van der Waals surface area contributed by atoms with Crippen molar-refractivity contribution in [3.8, 4) is 5.75 Å². The summed E-state index contributed by atoms with van der Waals surface area (Å²) in [5, 5.41) is 17.0. The zero-order valence-corrected chi connectivity index (χ0v) is 23.8. The van der Waals surface area contributed by atoms with Gasteiger partial charge >= 0.3 is 12.1 Å². The molecule has 0 saturated carbocycles. The summed E-state index contributed by atoms with van der Waals surface area (Å²) in [7, 11) is 0. The van der Waals surface area contributed by atoms with Crippen molar-refractivity contribution in [2.75, 3.05) is 13.1 Å². The molecule has 1 aliphatic heterocycles. The molecule has 2 atom stereocenters. The molecule has 0 spiro atoms. The molecule has 2 amide bonds. The van der Waals surface area contributed by atoms with Crippen molar-refractivity contribution in [3.05, 3.63) is 82.0 Å². The maximum Gasteiger partial charge on any atom is 0.490 e. The fourth-order valence-corrected chi connectivity index (χ4v) is 4.72. The quantitative estimate of drug-likeness (QED) is 0.234. The van der Waals surface area contributed by atoms with Gasteiger partial charge in [-0.1, -0.05) is 18.2 Å². The molecule has 43 heavy (non-hydrogen) atoms. The number of pyridine rings is 1. The van der Waals surface area contributed by atoms with Gasteiger partial charge in [0.2, 0.25) is 10.7 Å². The number of carbonyl (C=O) groups is 3. The van der Waals surface area contributed by atoms with E-state index in [9.17, 15) is 22.8 Å². The molecular formula is C28H27F3N6O5S. The molecule has 4 N–H and O–H groups in total. The van der Waals surface area contributed by atoms with E-state index in [4.69, 9.17) is 26.9 Å². The van der Waals surface area contributed by atoms with Gasteiger partial charge in [0.1, 0.15) is 18.2 Å². The maximum absolute atomic E-state index is 13.0. The second-order valence-electron chi connectivity index (χ2n) is 9.72. The Balaban J connectivity index is 0.000000541. The van der Waals surface area contributed by atoms with Crippen LogP contribution in [-0.2, 0) is 16.2 Å². The number of halogens is 3. The zero-order chi connectivity index (χ0) is 31.3. The van der Waals surface area contributed by atoms with Gasteiger partial charge in [0.25, 0.3) is 5.91 Å². The average molecular weight is 617 g/mol. The number of nitrogens with one attached hydrogen (secondary N) is 3. The highest BCUT2D eigenvalue weighted by atomic mass is 32.1. The molecule has 2 aromatic heterocycles. The normalized spacial score (nSPS) is 16.3. The minimum absolute atomic E-state index is 0.0513. The van der Waals surface area contributed by atoms with E-state index < -0.39 is 12.1 Å². The van der Waals surface area contributed by atoms with E-state index in [-0.39, 0.29) is 23.8 Å². The van der Waals surface area contributed by atoms with E-state index in [1.807, 2.05) is 37.3 Å². The van der Waals surface area contributed by atoms with Crippen LogP contribution in [0.3, 0.4) is 0 Å². The molecule has 15 heteroatoms. The molecule has 1 aliphatic rings. The number of aromatic nitrogens is 4. The minimum atomic E-state index is -5.08. The molecular weight excluding hydrogens is 589 g/mol. The van der Waals surface area contributed by atoms with Crippen molar-refractivity contribution in [1.82, 2.24) is 30.4 Å². The van der Waals surface area contributed by atoms with E-state index in [0.717, 1.165) is 22.2 Å². The first-order valence-corrected chi connectivity index (χ1v) is 13.3. The van der Waals surface area contributed by atoms with Crippen LogP contribution in [0.15, 0.2) is 54.6 Å². The summed E-state index contributed by atoms with van der Waals surface area (Å²) in [4.78, 5) is 44.4. The highest BCUT2D eigenvalue weighted by molar-refractivity contribution is 7.71. The summed E-state index contributed by atoms with van der Waals surface area (Å²) < 4.78 is 38.1. The van der Waals surface area contributed by atoms with Crippen LogP contribution in [-0.4, -0.2) is 73.3 Å². The molecule has 11 nitrogen and oxygen atoms in total. The predicted octanol–water partition coefficient (Wildman–Crippen LogP) is 4.28. The topological polar surface area (TPSA) is 153 Å². The SMILES string of the molecule is CC(=O)N1CC(NC(=O)c2ccc(OCc3cc(C)nc4ccccc34)cc2)C(c2nc(=S)[nH][nH]2)C1.O=C(O)C(F)(F)F. The van der Waals surface area contributed by atoms with Gasteiger partial charge in [-0.3, -0.25) is 24.8 Å². The van der Waals surface area contributed by atoms with E-state index >= 15 is 0 Å². The Morgan fingerprint density at radius 2 is 1.77 bits per heavy atom. The number of hydrogen-bond acceptors (Lipinski definition) is 7. The lowest BCUT2D eigenvalue weighted by Crippen LogP contribution is -2.40. The highest BCUT2D eigenvalue weighted by Gasteiger charge is 2.39. The van der Waals surface area contributed by atoms with Gasteiger partial charge in [-0.2, -0.15) is 13.2 Å². The third-order valence-electron chi connectivity index (χ3n) is 6.64. The van der Waals surface area contributed by atoms with Crippen LogP contribution in [0, 0.1) is 11.7 Å². The third-order valence-corrected chi connectivity index (χ3v) is 6.83. The second kappa shape index (κ2) is 13.0. The number of carbonyl (C=O) groups excluding carboxylic acids is 2. The van der Waals surface area contributed by atoms with E-state index in [0.29, 0.717) is 41.6 Å². The number of likely N-dealkylation sites (tertiary alicyclic amines) is 1. The fourth-order valence-electron chi connectivity index (χ4n) is 4.57. The number of carboxylic acid groups (broad SMARTS) is 1. The number of carboxylic acids is 1. The van der Waals surface area contributed by atoms with Crippen LogP contribution < -0.4 is 10.1 Å². The van der Waals surface area contributed by atoms with Crippen LogP contribution in [0.4, 0.5) is 13.2 Å². The average Bonchev–Trinajstić information content (AvgIpc) is 3.58. The number of fused-ring (bicyclic) bond motifs is 1. The van der Waals surface area contributed by atoms with Gasteiger partial charge in [0.15, 0.2) is 0 Å². The molecule has 1 fully saturated rings. The summed E-state index contributed by atoms with van der Waals surface area (Å²) in [5.74, 6) is -1.94. The fraction of sp³-hybridized carbons (Fsp3) is 0.286. The van der Waals surface area contributed by atoms with Crippen molar-refractivity contribution >= 4 is 40.9 Å². The van der Waals surface area contributed by atoms with E-state index in [1.54, 1.807) is 29.2 Å². The second-order valence-corrected chi connectivity index (χ2v) is 10.1. The summed E-state index contributed by atoms with van der Waals surface area (Å²) in [6.45, 7) is 4.73. The summed E-state index contributed by atoms with van der Waals surface area (Å²) >= 11 is 5.07. The van der Waals surface area contributed by atoms with Crippen molar-refractivity contribution in [2.45, 2.75) is 38.6 Å². The smallest absolute Gasteiger partial charge is 0.489 e. The third kappa shape index (κ3) is 7.94. The Morgan fingerprint density at radius 3 is 2.37 bits per heavy atom. The van der Waals surface area contributed by atoms with Gasteiger partial charge in [-0.25, -0.2) is 9.78 Å². The van der Waals surface area contributed by atoms with Crippen LogP contribution in [0.5, 0.6) is 5.75 Å². The number of aryl methyl sites for hydroxylation is 1. The van der Waals surface area contributed by atoms with Gasteiger partial charge in [0.05, 0.1) is 17.5 Å². The molecule has 1 saturated heterocycles. The van der Waals surface area contributed by atoms with Crippen molar-refractivity contribution < 1.29 is 37.4 Å². The molecule has 226 valence electrons. The number of rotatable bonds is 6. The lowest BCUT2D eigenvalue weighted by molar-refractivity contribution is -0.192. The Hall–Kier alpha value is -4.79. The molecule has 0 radical (unpaired) electrons. The standard InChI is InChI=1S/C26H26N6O3S.C2HF3O2/c1-15-11-18(20-5-3-4-6-22(20)27-15)14-35-19-9-7-17(8-10-19)25(34)28-23-13-32(16(2)33)12-21(23)24-29-26(36)31-30-24;3-2(4,5)1(6)7/h3-11,21,23H,12-14H2,1-2H3,(H,28,34)(H2,29,30,31,36);(H,6,7). The molecule has 4 aromatic rings. The Bertz CT molecular complexity index is 1690. The number of benzene rings is 2. The monoisotopic (exact) mass is 616 g/mol. The van der Waals surface area contributed by atoms with Gasteiger partial charge in [-0.05, 0) is 55.5 Å². The lowest BCUT2D eigenvalue weighted by atomic mass is 10.0. The van der Waals surface area contributed by atoms with E-state index in [2.05, 4.69) is 25.5 Å². The zero-order valence-electron chi connectivity index (χ0n) is 22.9. The summed E-state index contributed by atoms with van der Waals surface area (Å²) in [6.07, 6.45) is -5.08. The lowest BCUT2D eigenvalue weighted by Gasteiger charge is -2.18. The van der Waals surface area contributed by atoms with Gasteiger partial charge < -0.3 is 20.1 Å². The number of ether oxygens (including phenoxy) is 1. The van der Waals surface area contributed by atoms with Crippen LogP contribution in [0.2, 0.25) is 0 Å². The maximum atomic E-state index is 13.0. The Labute approximate surface area is 248 Å². The first kappa shape index (κ1) is 31.2. The van der Waals surface area contributed by atoms with Crippen LogP contribution in [0.1, 0.15) is 40.3 Å². The van der Waals surface area contributed by atoms with Crippen LogP contribution in [0.25, 0.3) is 10.9 Å². The molecule has 0 aliphatic carbocycles. The largest absolute Gasteiger partial charge is 0.490 e. The molecule has 0 bridgehead atoms. The number of amides is 2. The predicted molar refractivity (Wildman–Crippen MR) is 151 cm³/mol. The Kier molecular flexibility index (Phi) is 9.43.